The molecular weight excluding hydrogens is 404 g/mol. The molecule has 1 aromatic heterocycles. The summed E-state index contributed by atoms with van der Waals surface area (Å²) in [6, 6.07) is 9.97. The summed E-state index contributed by atoms with van der Waals surface area (Å²) in [6.07, 6.45) is 0.977. The highest BCUT2D eigenvalue weighted by Gasteiger charge is 2.20. The molecule has 0 amide bonds. The molecule has 1 aromatic carbocycles. The van der Waals surface area contributed by atoms with Crippen LogP contribution in [0.3, 0.4) is 0 Å². The SMILES string of the molecule is CCCOc1ccccc1C(NN)c1cc(Br)c(Br)s1. The number of halogens is 2. The number of rotatable bonds is 6. The first-order valence-corrected chi connectivity index (χ1v) is 8.70. The van der Waals surface area contributed by atoms with Crippen LogP contribution in [0, 0.1) is 0 Å². The Balaban J connectivity index is 2.36. The second-order valence-corrected chi connectivity index (χ2v) is 7.51. The third-order valence-corrected chi connectivity index (χ3v) is 6.13. The van der Waals surface area contributed by atoms with Crippen LogP contribution in [-0.2, 0) is 0 Å². The van der Waals surface area contributed by atoms with Crippen LogP contribution < -0.4 is 16.0 Å². The molecule has 108 valence electrons. The lowest BCUT2D eigenvalue weighted by atomic mass is 10.0. The van der Waals surface area contributed by atoms with Crippen molar-refractivity contribution in [3.63, 3.8) is 0 Å². The zero-order chi connectivity index (χ0) is 14.5. The summed E-state index contributed by atoms with van der Waals surface area (Å²) in [4.78, 5) is 1.12. The number of para-hydroxylation sites is 1. The molecule has 0 saturated heterocycles. The minimum atomic E-state index is -0.0874. The lowest BCUT2D eigenvalue weighted by molar-refractivity contribution is 0.312. The molecular formula is C14H16Br2N2OS. The molecule has 0 aliphatic heterocycles. The highest BCUT2D eigenvalue weighted by atomic mass is 79.9. The molecule has 0 bridgehead atoms. The van der Waals surface area contributed by atoms with Crippen LogP contribution in [0.2, 0.25) is 0 Å². The molecule has 6 heteroatoms. The average molecular weight is 420 g/mol. The average Bonchev–Trinajstić information content (AvgIpc) is 2.78. The molecule has 1 unspecified atom stereocenters. The molecule has 0 radical (unpaired) electrons. The number of nitrogens with one attached hydrogen (secondary N) is 1. The minimum Gasteiger partial charge on any atom is -0.493 e. The van der Waals surface area contributed by atoms with Gasteiger partial charge in [-0.05, 0) is 50.4 Å². The van der Waals surface area contributed by atoms with Gasteiger partial charge in [-0.2, -0.15) is 0 Å². The van der Waals surface area contributed by atoms with Gasteiger partial charge in [0.15, 0.2) is 0 Å². The van der Waals surface area contributed by atoms with Gasteiger partial charge < -0.3 is 4.74 Å². The van der Waals surface area contributed by atoms with Gasteiger partial charge in [0.25, 0.3) is 0 Å². The van der Waals surface area contributed by atoms with Gasteiger partial charge in [0.2, 0.25) is 0 Å². The number of hydrazine groups is 1. The lowest BCUT2D eigenvalue weighted by Gasteiger charge is -2.18. The Morgan fingerprint density at radius 1 is 1.35 bits per heavy atom. The summed E-state index contributed by atoms with van der Waals surface area (Å²) in [6.45, 7) is 2.79. The number of thiophene rings is 1. The van der Waals surface area contributed by atoms with Gasteiger partial charge in [0.05, 0.1) is 16.4 Å². The number of hydrogen-bond acceptors (Lipinski definition) is 4. The van der Waals surface area contributed by atoms with E-state index in [2.05, 4.69) is 50.3 Å². The monoisotopic (exact) mass is 418 g/mol. The summed E-state index contributed by atoms with van der Waals surface area (Å²) in [7, 11) is 0. The number of ether oxygens (including phenoxy) is 1. The van der Waals surface area contributed by atoms with Gasteiger partial charge in [-0.3, -0.25) is 5.84 Å². The maximum atomic E-state index is 5.81. The van der Waals surface area contributed by atoms with Crippen LogP contribution in [0.5, 0.6) is 5.75 Å². The van der Waals surface area contributed by atoms with Crippen LogP contribution in [0.25, 0.3) is 0 Å². The smallest absolute Gasteiger partial charge is 0.124 e. The third kappa shape index (κ3) is 3.62. The lowest BCUT2D eigenvalue weighted by Crippen LogP contribution is -2.28. The minimum absolute atomic E-state index is 0.0874. The van der Waals surface area contributed by atoms with E-state index in [1.165, 1.54) is 0 Å². The van der Waals surface area contributed by atoms with Crippen LogP contribution in [0.1, 0.15) is 29.8 Å². The van der Waals surface area contributed by atoms with Gasteiger partial charge in [-0.15, -0.1) is 11.3 Å². The Bertz CT molecular complexity index is 555. The summed E-state index contributed by atoms with van der Waals surface area (Å²) >= 11 is 8.67. The van der Waals surface area contributed by atoms with E-state index < -0.39 is 0 Å². The van der Waals surface area contributed by atoms with E-state index in [0.717, 1.165) is 30.9 Å². The van der Waals surface area contributed by atoms with Gasteiger partial charge in [0.1, 0.15) is 5.75 Å². The molecule has 1 atom stereocenters. The molecule has 0 aliphatic rings. The standard InChI is InChI=1S/C14H16Br2N2OS/c1-2-7-19-11-6-4-3-5-9(11)13(18-17)12-8-10(15)14(16)20-12/h3-6,8,13,18H,2,7,17H2,1H3. The normalized spacial score (nSPS) is 12.4. The largest absolute Gasteiger partial charge is 0.493 e. The van der Waals surface area contributed by atoms with Crippen LogP contribution in [0.15, 0.2) is 38.6 Å². The molecule has 2 rings (SSSR count). The summed E-state index contributed by atoms with van der Waals surface area (Å²) in [5.74, 6) is 6.64. The molecule has 0 fully saturated rings. The van der Waals surface area contributed by atoms with Crippen molar-refractivity contribution in [2.45, 2.75) is 19.4 Å². The zero-order valence-corrected chi connectivity index (χ0v) is 15.0. The number of benzene rings is 1. The summed E-state index contributed by atoms with van der Waals surface area (Å²) in [5.41, 5.74) is 3.93. The molecule has 0 saturated carbocycles. The van der Waals surface area contributed by atoms with E-state index in [-0.39, 0.29) is 6.04 Å². The van der Waals surface area contributed by atoms with E-state index in [1.807, 2.05) is 24.3 Å². The Hall–Kier alpha value is -0.400. The van der Waals surface area contributed by atoms with Crippen molar-refractivity contribution >= 4 is 43.2 Å². The Morgan fingerprint density at radius 2 is 2.10 bits per heavy atom. The van der Waals surface area contributed by atoms with Crippen LogP contribution in [0.4, 0.5) is 0 Å². The van der Waals surface area contributed by atoms with Crippen molar-refractivity contribution in [1.29, 1.82) is 0 Å². The molecule has 2 aromatic rings. The second kappa shape index (κ2) is 7.56. The van der Waals surface area contributed by atoms with E-state index in [0.29, 0.717) is 6.61 Å². The number of nitrogens with two attached hydrogens (primary N) is 1. The van der Waals surface area contributed by atoms with Gasteiger partial charge in [0, 0.05) is 14.9 Å². The van der Waals surface area contributed by atoms with Gasteiger partial charge >= 0.3 is 0 Å². The molecule has 20 heavy (non-hydrogen) atoms. The van der Waals surface area contributed by atoms with Crippen LogP contribution >= 0.6 is 43.2 Å². The van der Waals surface area contributed by atoms with Crippen molar-refractivity contribution in [2.75, 3.05) is 6.61 Å². The highest BCUT2D eigenvalue weighted by Crippen LogP contribution is 2.39. The zero-order valence-electron chi connectivity index (χ0n) is 11.0. The van der Waals surface area contributed by atoms with Crippen molar-refractivity contribution < 1.29 is 4.74 Å². The maximum absolute atomic E-state index is 5.81. The molecule has 0 spiro atoms. The van der Waals surface area contributed by atoms with Crippen molar-refractivity contribution in [3.05, 3.63) is 49.0 Å². The van der Waals surface area contributed by atoms with Crippen molar-refractivity contribution in [3.8, 4) is 5.75 Å². The second-order valence-electron chi connectivity index (χ2n) is 4.26. The van der Waals surface area contributed by atoms with Gasteiger partial charge in [-0.1, -0.05) is 25.1 Å². The highest BCUT2D eigenvalue weighted by molar-refractivity contribution is 9.13. The van der Waals surface area contributed by atoms with E-state index >= 15 is 0 Å². The predicted molar refractivity (Wildman–Crippen MR) is 91.1 cm³/mol. The molecule has 3 nitrogen and oxygen atoms in total. The molecule has 0 aliphatic carbocycles. The Labute approximate surface area is 139 Å². The Morgan fingerprint density at radius 3 is 2.70 bits per heavy atom. The molecule has 3 N–H and O–H groups in total. The first-order chi connectivity index (χ1) is 9.67. The van der Waals surface area contributed by atoms with E-state index in [9.17, 15) is 0 Å². The van der Waals surface area contributed by atoms with E-state index in [1.54, 1.807) is 11.3 Å². The van der Waals surface area contributed by atoms with Crippen LogP contribution in [-0.4, -0.2) is 6.61 Å². The van der Waals surface area contributed by atoms with Crippen molar-refractivity contribution in [1.82, 2.24) is 5.43 Å². The maximum Gasteiger partial charge on any atom is 0.124 e. The topological polar surface area (TPSA) is 47.3 Å². The summed E-state index contributed by atoms with van der Waals surface area (Å²) in [5, 5.41) is 0. The molecule has 1 heterocycles. The van der Waals surface area contributed by atoms with Crippen molar-refractivity contribution in [2.24, 2.45) is 5.84 Å². The fourth-order valence-corrected chi connectivity index (χ4v) is 4.06. The fraction of sp³-hybridized carbons (Fsp3) is 0.286. The first kappa shape index (κ1) is 16.0. The van der Waals surface area contributed by atoms with E-state index in [4.69, 9.17) is 10.6 Å². The first-order valence-electron chi connectivity index (χ1n) is 6.30. The fourth-order valence-electron chi connectivity index (χ4n) is 1.89. The number of hydrogen-bond donors (Lipinski definition) is 2. The third-order valence-electron chi connectivity index (χ3n) is 2.81. The van der Waals surface area contributed by atoms with Gasteiger partial charge in [-0.25, -0.2) is 5.43 Å². The Kier molecular flexibility index (Phi) is 6.04. The predicted octanol–water partition coefficient (Wildman–Crippen LogP) is 4.61. The quantitative estimate of drug-likeness (QED) is 0.530. The summed E-state index contributed by atoms with van der Waals surface area (Å²) < 4.78 is 7.90.